The van der Waals surface area contributed by atoms with Crippen LogP contribution in [-0.2, 0) is 6.54 Å². The van der Waals surface area contributed by atoms with E-state index in [1.165, 1.54) is 11.1 Å². The first-order chi connectivity index (χ1) is 5.90. The fourth-order valence-corrected chi connectivity index (χ4v) is 1.45. The highest BCUT2D eigenvalue weighted by atomic mass is 15.1. The molecule has 0 aliphatic carbocycles. The number of hydrogen-bond acceptors (Lipinski definition) is 1. The average Bonchev–Trinajstić information content (AvgIpc) is 2.17. The van der Waals surface area contributed by atoms with E-state index in [1.807, 2.05) is 0 Å². The Morgan fingerprint density at radius 2 is 2.17 bits per heavy atom. The van der Waals surface area contributed by atoms with Crippen molar-refractivity contribution in [2.45, 2.75) is 6.54 Å². The Balaban J connectivity index is 2.33. The Labute approximate surface area is 73.3 Å². The second-order valence-electron chi connectivity index (χ2n) is 2.99. The van der Waals surface area contributed by atoms with Crippen molar-refractivity contribution >= 4 is 6.08 Å². The molecule has 1 radical (unpaired) electrons. The Bertz CT molecular complexity index is 302. The summed E-state index contributed by atoms with van der Waals surface area (Å²) < 4.78 is 0. The van der Waals surface area contributed by atoms with Crippen molar-refractivity contribution in [3.05, 3.63) is 48.5 Å². The zero-order valence-corrected chi connectivity index (χ0v) is 7.03. The second kappa shape index (κ2) is 3.02. The van der Waals surface area contributed by atoms with E-state index in [9.17, 15) is 0 Å². The molecule has 0 N–H and O–H groups in total. The molecule has 1 nitrogen and oxygen atoms in total. The quantitative estimate of drug-likeness (QED) is 0.606. The van der Waals surface area contributed by atoms with E-state index in [0.717, 1.165) is 13.1 Å². The molecule has 0 spiro atoms. The van der Waals surface area contributed by atoms with Crippen molar-refractivity contribution in [2.75, 3.05) is 6.54 Å². The Morgan fingerprint density at radius 1 is 1.33 bits per heavy atom. The molecule has 1 heteroatoms. The summed E-state index contributed by atoms with van der Waals surface area (Å²) in [5, 5.41) is 0. The van der Waals surface area contributed by atoms with Crippen LogP contribution in [0.2, 0.25) is 0 Å². The lowest BCUT2D eigenvalue weighted by molar-refractivity contribution is 0.405. The van der Waals surface area contributed by atoms with Gasteiger partial charge in [-0.25, -0.2) is 0 Å². The maximum absolute atomic E-state index is 3.86. The number of hydrogen-bond donors (Lipinski definition) is 0. The highest BCUT2D eigenvalue weighted by Crippen LogP contribution is 2.18. The van der Waals surface area contributed by atoms with Crippen molar-refractivity contribution < 1.29 is 0 Å². The van der Waals surface area contributed by atoms with Gasteiger partial charge in [-0.1, -0.05) is 24.3 Å². The van der Waals surface area contributed by atoms with Gasteiger partial charge in [-0.3, -0.25) is 0 Å². The molecule has 0 amide bonds. The normalized spacial score (nSPS) is 14.6. The van der Waals surface area contributed by atoms with Gasteiger partial charge in [-0.05, 0) is 30.3 Å². The van der Waals surface area contributed by atoms with Crippen molar-refractivity contribution in [1.82, 2.24) is 4.90 Å². The van der Waals surface area contributed by atoms with Crippen LogP contribution in [0.1, 0.15) is 11.1 Å². The molecule has 1 aliphatic rings. The minimum absolute atomic E-state index is 0.838. The van der Waals surface area contributed by atoms with E-state index in [2.05, 4.69) is 48.4 Å². The van der Waals surface area contributed by atoms with Crippen LogP contribution in [-0.4, -0.2) is 11.4 Å². The van der Waals surface area contributed by atoms with Gasteiger partial charge >= 0.3 is 0 Å². The van der Waals surface area contributed by atoms with Crippen LogP contribution in [0.3, 0.4) is 0 Å². The van der Waals surface area contributed by atoms with Gasteiger partial charge in [0.05, 0.1) is 0 Å². The van der Waals surface area contributed by atoms with Crippen LogP contribution in [0.5, 0.6) is 0 Å². The lowest BCUT2D eigenvalue weighted by Crippen LogP contribution is -2.19. The molecular weight excluding hydrogens is 146 g/mol. The molecule has 1 aliphatic heterocycles. The third-order valence-electron chi connectivity index (χ3n) is 2.18. The summed E-state index contributed by atoms with van der Waals surface area (Å²) in [6, 6.07) is 8.47. The van der Waals surface area contributed by atoms with Gasteiger partial charge in [0, 0.05) is 13.1 Å². The lowest BCUT2D eigenvalue weighted by Gasteiger charge is -2.23. The first-order valence-corrected chi connectivity index (χ1v) is 4.19. The minimum atomic E-state index is 0.838. The topological polar surface area (TPSA) is 3.24 Å². The van der Waals surface area contributed by atoms with Crippen LogP contribution in [0.4, 0.5) is 0 Å². The van der Waals surface area contributed by atoms with Gasteiger partial charge in [-0.2, -0.15) is 0 Å². The average molecular weight is 158 g/mol. The van der Waals surface area contributed by atoms with Crippen molar-refractivity contribution in [3.63, 3.8) is 0 Å². The summed E-state index contributed by atoms with van der Waals surface area (Å²) >= 11 is 0. The molecule has 0 bridgehead atoms. The first-order valence-electron chi connectivity index (χ1n) is 4.19. The van der Waals surface area contributed by atoms with Gasteiger partial charge in [0.25, 0.3) is 0 Å². The predicted molar refractivity (Wildman–Crippen MR) is 51.2 cm³/mol. The Morgan fingerprint density at radius 3 is 3.00 bits per heavy atom. The predicted octanol–water partition coefficient (Wildman–Crippen LogP) is 2.31. The molecule has 0 saturated heterocycles. The van der Waals surface area contributed by atoms with Gasteiger partial charge in [0.15, 0.2) is 0 Å². The zero-order valence-electron chi connectivity index (χ0n) is 7.03. The fraction of sp³-hybridized carbons (Fsp3) is 0.182. The molecule has 1 aromatic carbocycles. The van der Waals surface area contributed by atoms with Gasteiger partial charge in [0.2, 0.25) is 0 Å². The first kappa shape index (κ1) is 7.41. The van der Waals surface area contributed by atoms with E-state index in [0.29, 0.717) is 0 Å². The summed E-state index contributed by atoms with van der Waals surface area (Å²) in [6.45, 7) is 5.69. The van der Waals surface area contributed by atoms with Crippen molar-refractivity contribution in [1.29, 1.82) is 0 Å². The fourth-order valence-electron chi connectivity index (χ4n) is 1.45. The second-order valence-corrected chi connectivity index (χ2v) is 2.99. The number of rotatable bonds is 1. The van der Waals surface area contributed by atoms with Crippen molar-refractivity contribution in [3.8, 4) is 0 Å². The molecule has 0 fully saturated rings. The summed E-state index contributed by atoms with van der Waals surface area (Å²) in [5.41, 5.74) is 2.73. The number of benzene rings is 1. The third-order valence-corrected chi connectivity index (χ3v) is 2.18. The molecule has 12 heavy (non-hydrogen) atoms. The van der Waals surface area contributed by atoms with E-state index in [1.54, 1.807) is 0 Å². The summed E-state index contributed by atoms with van der Waals surface area (Å²) in [4.78, 5) is 2.20. The summed E-state index contributed by atoms with van der Waals surface area (Å²) in [5.74, 6) is 0. The highest BCUT2D eigenvalue weighted by molar-refractivity contribution is 5.55. The molecule has 0 saturated carbocycles. The van der Waals surface area contributed by atoms with E-state index in [-0.39, 0.29) is 0 Å². The van der Waals surface area contributed by atoms with Crippen LogP contribution in [0.25, 0.3) is 6.08 Å². The minimum Gasteiger partial charge on any atom is -0.373 e. The SMILES string of the molecule is [CH2]CN1C=Cc2ccccc2C1. The molecule has 1 heterocycles. The van der Waals surface area contributed by atoms with E-state index >= 15 is 0 Å². The molecule has 0 unspecified atom stereocenters. The van der Waals surface area contributed by atoms with E-state index < -0.39 is 0 Å². The van der Waals surface area contributed by atoms with Crippen molar-refractivity contribution in [2.24, 2.45) is 0 Å². The number of fused-ring (bicyclic) bond motifs is 1. The third kappa shape index (κ3) is 1.22. The summed E-state index contributed by atoms with van der Waals surface area (Å²) in [6.07, 6.45) is 4.25. The van der Waals surface area contributed by atoms with Gasteiger partial charge in [-0.15, -0.1) is 0 Å². The smallest absolute Gasteiger partial charge is 0.0429 e. The standard InChI is InChI=1S/C11H12N/c1-2-12-8-7-10-5-3-4-6-11(10)9-12/h3-8H,1-2,9H2. The molecule has 61 valence electrons. The zero-order chi connectivity index (χ0) is 8.39. The van der Waals surface area contributed by atoms with Crippen LogP contribution in [0, 0.1) is 6.92 Å². The molecule has 2 rings (SSSR count). The monoisotopic (exact) mass is 158 g/mol. The summed E-state index contributed by atoms with van der Waals surface area (Å²) in [7, 11) is 0. The molecular formula is C11H12N. The number of nitrogens with zero attached hydrogens (tertiary/aromatic N) is 1. The largest absolute Gasteiger partial charge is 0.373 e. The lowest BCUT2D eigenvalue weighted by atomic mass is 10.0. The highest BCUT2D eigenvalue weighted by Gasteiger charge is 2.06. The van der Waals surface area contributed by atoms with Gasteiger partial charge in [0.1, 0.15) is 0 Å². The molecule has 1 aromatic rings. The maximum atomic E-state index is 3.86. The maximum Gasteiger partial charge on any atom is 0.0429 e. The van der Waals surface area contributed by atoms with Crippen LogP contribution < -0.4 is 0 Å². The van der Waals surface area contributed by atoms with Crippen LogP contribution >= 0.6 is 0 Å². The molecule has 0 aromatic heterocycles. The Hall–Kier alpha value is -1.24. The molecule has 0 atom stereocenters. The van der Waals surface area contributed by atoms with Gasteiger partial charge < -0.3 is 4.90 Å². The van der Waals surface area contributed by atoms with E-state index in [4.69, 9.17) is 0 Å². The Kier molecular flexibility index (Phi) is 1.86. The van der Waals surface area contributed by atoms with Crippen LogP contribution in [0.15, 0.2) is 30.5 Å².